The second kappa shape index (κ2) is 8.32. The molecule has 1 atom stereocenters. The molecule has 2 aromatic carbocycles. The fraction of sp³-hybridized carbons (Fsp3) is 0.381. The maximum Gasteiger partial charge on any atom is 0.251 e. The molecule has 1 aliphatic rings. The van der Waals surface area contributed by atoms with Crippen LogP contribution in [-0.4, -0.2) is 38.8 Å². The molecule has 7 heteroatoms. The average Bonchev–Trinajstić information content (AvgIpc) is 3.23. The van der Waals surface area contributed by atoms with Crippen LogP contribution in [0, 0.1) is 6.92 Å². The lowest BCUT2D eigenvalue weighted by Gasteiger charge is -2.19. The first-order valence-electron chi connectivity index (χ1n) is 9.39. The van der Waals surface area contributed by atoms with Gasteiger partial charge in [0.2, 0.25) is 10.0 Å². The van der Waals surface area contributed by atoms with E-state index in [1.807, 2.05) is 38.1 Å². The normalized spacial score (nSPS) is 16.0. The first-order chi connectivity index (χ1) is 13.3. The molecule has 0 spiro atoms. The van der Waals surface area contributed by atoms with E-state index >= 15 is 0 Å². The van der Waals surface area contributed by atoms with Crippen molar-refractivity contribution in [1.29, 1.82) is 0 Å². The molecule has 0 saturated carbocycles. The number of nitrogens with zero attached hydrogens (tertiary/aromatic N) is 1. The lowest BCUT2D eigenvalue weighted by molar-refractivity contribution is 0.0939. The van der Waals surface area contributed by atoms with Gasteiger partial charge in [0.25, 0.3) is 5.91 Å². The van der Waals surface area contributed by atoms with Crippen LogP contribution in [0.15, 0.2) is 47.4 Å². The Bertz CT molecular complexity index is 966. The summed E-state index contributed by atoms with van der Waals surface area (Å²) in [6.45, 7) is 4.89. The summed E-state index contributed by atoms with van der Waals surface area (Å²) in [5.41, 5.74) is 2.40. The van der Waals surface area contributed by atoms with Crippen molar-refractivity contribution < 1.29 is 17.9 Å². The number of benzene rings is 2. The number of rotatable bonds is 6. The molecule has 1 N–H and O–H groups in total. The zero-order chi connectivity index (χ0) is 20.3. The molecule has 6 nitrogen and oxygen atoms in total. The Morgan fingerprint density at radius 1 is 1.14 bits per heavy atom. The number of ether oxygens (including phenoxy) is 1. The van der Waals surface area contributed by atoms with Crippen molar-refractivity contribution in [3.8, 4) is 5.75 Å². The Labute approximate surface area is 166 Å². The van der Waals surface area contributed by atoms with Crippen LogP contribution in [0.4, 0.5) is 0 Å². The molecule has 0 radical (unpaired) electrons. The van der Waals surface area contributed by atoms with E-state index in [0.29, 0.717) is 18.7 Å². The fourth-order valence-corrected chi connectivity index (χ4v) is 5.22. The maximum absolute atomic E-state index is 13.0. The van der Waals surface area contributed by atoms with Crippen LogP contribution in [0.25, 0.3) is 0 Å². The third-order valence-corrected chi connectivity index (χ3v) is 7.03. The summed E-state index contributed by atoms with van der Waals surface area (Å²) < 4.78 is 32.7. The Kier molecular flexibility index (Phi) is 6.05. The first-order valence-corrected chi connectivity index (χ1v) is 10.8. The van der Waals surface area contributed by atoms with Crippen LogP contribution in [0.3, 0.4) is 0 Å². The molecule has 0 bridgehead atoms. The molecule has 2 aromatic rings. The Balaban J connectivity index is 1.88. The minimum Gasteiger partial charge on any atom is -0.495 e. The molecule has 0 aromatic heterocycles. The smallest absolute Gasteiger partial charge is 0.251 e. The number of amides is 1. The standard InChI is InChI=1S/C21H26N2O4S/c1-15-8-4-5-9-18(15)16(2)22-21(24)17-10-11-19(27-3)20(14-17)28(25,26)23-12-6-7-13-23/h4-5,8-11,14,16H,6-7,12-13H2,1-3H3,(H,22,24)/t16-/m1/s1. The van der Waals surface area contributed by atoms with E-state index in [9.17, 15) is 13.2 Å². The highest BCUT2D eigenvalue weighted by Crippen LogP contribution is 2.30. The lowest BCUT2D eigenvalue weighted by Crippen LogP contribution is -2.30. The molecule has 1 amide bonds. The van der Waals surface area contributed by atoms with Crippen molar-refractivity contribution >= 4 is 15.9 Å². The largest absolute Gasteiger partial charge is 0.495 e. The summed E-state index contributed by atoms with van der Waals surface area (Å²) in [5, 5.41) is 2.95. The molecule has 1 fully saturated rings. The van der Waals surface area contributed by atoms with E-state index in [1.165, 1.54) is 23.5 Å². The molecule has 0 unspecified atom stereocenters. The number of sulfonamides is 1. The summed E-state index contributed by atoms with van der Waals surface area (Å²) in [6, 6.07) is 12.2. The molecule has 0 aliphatic carbocycles. The van der Waals surface area contributed by atoms with Crippen LogP contribution < -0.4 is 10.1 Å². The van der Waals surface area contributed by atoms with Gasteiger partial charge in [-0.3, -0.25) is 4.79 Å². The monoisotopic (exact) mass is 402 g/mol. The topological polar surface area (TPSA) is 75.7 Å². The van der Waals surface area contributed by atoms with E-state index in [1.54, 1.807) is 6.07 Å². The predicted molar refractivity (Wildman–Crippen MR) is 108 cm³/mol. The van der Waals surface area contributed by atoms with Crippen molar-refractivity contribution in [1.82, 2.24) is 9.62 Å². The number of carbonyl (C=O) groups excluding carboxylic acids is 1. The SMILES string of the molecule is COc1ccc(C(=O)N[C@H](C)c2ccccc2C)cc1S(=O)(=O)N1CCCC1. The summed E-state index contributed by atoms with van der Waals surface area (Å²) >= 11 is 0. The highest BCUT2D eigenvalue weighted by atomic mass is 32.2. The van der Waals surface area contributed by atoms with Crippen molar-refractivity contribution in [2.24, 2.45) is 0 Å². The summed E-state index contributed by atoms with van der Waals surface area (Å²) in [6.07, 6.45) is 1.69. The van der Waals surface area contributed by atoms with Gasteiger partial charge < -0.3 is 10.1 Å². The van der Waals surface area contributed by atoms with Gasteiger partial charge in [-0.05, 0) is 56.0 Å². The van der Waals surface area contributed by atoms with Gasteiger partial charge in [-0.15, -0.1) is 0 Å². The van der Waals surface area contributed by atoms with Gasteiger partial charge in [0.15, 0.2) is 0 Å². The Morgan fingerprint density at radius 3 is 2.46 bits per heavy atom. The molecular formula is C21H26N2O4S. The van der Waals surface area contributed by atoms with E-state index in [2.05, 4.69) is 5.32 Å². The van der Waals surface area contributed by atoms with Gasteiger partial charge >= 0.3 is 0 Å². The molecule has 28 heavy (non-hydrogen) atoms. The number of methoxy groups -OCH3 is 1. The minimum atomic E-state index is -3.70. The third kappa shape index (κ3) is 4.05. The van der Waals surface area contributed by atoms with Crippen LogP contribution in [-0.2, 0) is 10.0 Å². The molecular weight excluding hydrogens is 376 g/mol. The quantitative estimate of drug-likeness (QED) is 0.805. The second-order valence-electron chi connectivity index (χ2n) is 7.03. The van der Waals surface area contributed by atoms with Gasteiger partial charge in [0, 0.05) is 18.7 Å². The van der Waals surface area contributed by atoms with Gasteiger partial charge in [0.1, 0.15) is 10.6 Å². The summed E-state index contributed by atoms with van der Waals surface area (Å²) in [7, 11) is -2.27. The fourth-order valence-electron chi connectivity index (χ4n) is 3.52. The van der Waals surface area contributed by atoms with Crippen LogP contribution in [0.1, 0.15) is 47.3 Å². The Morgan fingerprint density at radius 2 is 1.82 bits per heavy atom. The van der Waals surface area contributed by atoms with E-state index < -0.39 is 10.0 Å². The van der Waals surface area contributed by atoms with E-state index in [0.717, 1.165) is 24.0 Å². The third-order valence-electron chi connectivity index (χ3n) is 5.11. The predicted octanol–water partition coefficient (Wildman–Crippen LogP) is 3.28. The van der Waals surface area contributed by atoms with Crippen molar-refractivity contribution in [3.63, 3.8) is 0 Å². The van der Waals surface area contributed by atoms with E-state index in [4.69, 9.17) is 4.74 Å². The van der Waals surface area contributed by atoms with E-state index in [-0.39, 0.29) is 22.6 Å². The van der Waals surface area contributed by atoms with Crippen LogP contribution in [0.5, 0.6) is 5.75 Å². The minimum absolute atomic E-state index is 0.0353. The number of nitrogens with one attached hydrogen (secondary N) is 1. The number of hydrogen-bond donors (Lipinski definition) is 1. The van der Waals surface area contributed by atoms with Gasteiger partial charge in [-0.1, -0.05) is 24.3 Å². The maximum atomic E-state index is 13.0. The molecule has 1 heterocycles. The lowest BCUT2D eigenvalue weighted by atomic mass is 10.0. The first kappa shape index (κ1) is 20.4. The van der Waals surface area contributed by atoms with Gasteiger partial charge in [0.05, 0.1) is 13.2 Å². The highest BCUT2D eigenvalue weighted by molar-refractivity contribution is 7.89. The zero-order valence-electron chi connectivity index (χ0n) is 16.4. The summed E-state index contributed by atoms with van der Waals surface area (Å²) in [4.78, 5) is 12.8. The molecule has 150 valence electrons. The number of carbonyl (C=O) groups is 1. The molecule has 1 aliphatic heterocycles. The van der Waals surface area contributed by atoms with Gasteiger partial charge in [-0.2, -0.15) is 4.31 Å². The van der Waals surface area contributed by atoms with Crippen molar-refractivity contribution in [3.05, 3.63) is 59.2 Å². The van der Waals surface area contributed by atoms with Crippen LogP contribution >= 0.6 is 0 Å². The highest BCUT2D eigenvalue weighted by Gasteiger charge is 2.30. The molecule has 1 saturated heterocycles. The van der Waals surface area contributed by atoms with Crippen molar-refractivity contribution in [2.75, 3.05) is 20.2 Å². The summed E-state index contributed by atoms with van der Waals surface area (Å²) in [5.74, 6) is -0.0771. The van der Waals surface area contributed by atoms with Crippen LogP contribution in [0.2, 0.25) is 0 Å². The number of hydrogen-bond acceptors (Lipinski definition) is 4. The van der Waals surface area contributed by atoms with Crippen molar-refractivity contribution in [2.45, 2.75) is 37.6 Å². The van der Waals surface area contributed by atoms with Gasteiger partial charge in [-0.25, -0.2) is 8.42 Å². The number of aryl methyl sites for hydroxylation is 1. The average molecular weight is 403 g/mol. The Hall–Kier alpha value is -2.38. The molecule has 3 rings (SSSR count). The second-order valence-corrected chi connectivity index (χ2v) is 8.93. The zero-order valence-corrected chi connectivity index (χ0v) is 17.3.